The van der Waals surface area contributed by atoms with Gasteiger partial charge in [-0.3, -0.25) is 14.8 Å². The van der Waals surface area contributed by atoms with Crippen LogP contribution in [-0.4, -0.2) is 101 Å². The van der Waals surface area contributed by atoms with Gasteiger partial charge in [-0.1, -0.05) is 26.7 Å². The van der Waals surface area contributed by atoms with Gasteiger partial charge in [0.15, 0.2) is 5.96 Å². The SMILES string of the molecule is CCNC(=NCC(C(CC)CC)N1CCOCC1)NCC1CCCN1CCOC. The largest absolute Gasteiger partial charge is 0.383 e. The first-order valence-electron chi connectivity index (χ1n) is 11.8. The molecule has 0 aromatic heterocycles. The standard InChI is InChI=1S/C22H45N5O2/c1-5-19(6-2)21(27-12-15-29-16-13-27)18-25-22(23-7-3)24-17-20-9-8-10-26(20)11-14-28-4/h19-21H,5-18H2,1-4H3,(H2,23,24,25). The van der Waals surface area contributed by atoms with E-state index in [2.05, 4.69) is 41.2 Å². The third kappa shape index (κ3) is 8.04. The molecule has 0 aliphatic carbocycles. The molecular formula is C22H45N5O2. The predicted octanol–water partition coefficient (Wildman–Crippen LogP) is 1.79. The van der Waals surface area contributed by atoms with Gasteiger partial charge in [0, 0.05) is 51.9 Å². The van der Waals surface area contributed by atoms with Gasteiger partial charge < -0.3 is 20.1 Å². The number of likely N-dealkylation sites (tertiary alicyclic amines) is 1. The average Bonchev–Trinajstić information content (AvgIpc) is 3.21. The molecule has 2 saturated heterocycles. The summed E-state index contributed by atoms with van der Waals surface area (Å²) in [6.45, 7) is 16.2. The fourth-order valence-corrected chi connectivity index (χ4v) is 4.67. The van der Waals surface area contributed by atoms with Crippen LogP contribution < -0.4 is 10.6 Å². The molecule has 2 fully saturated rings. The summed E-state index contributed by atoms with van der Waals surface area (Å²) >= 11 is 0. The van der Waals surface area contributed by atoms with Crippen molar-refractivity contribution in [3.8, 4) is 0 Å². The maximum atomic E-state index is 5.58. The van der Waals surface area contributed by atoms with Crippen LogP contribution in [0, 0.1) is 5.92 Å². The number of ether oxygens (including phenoxy) is 2. The maximum absolute atomic E-state index is 5.58. The Balaban J connectivity index is 1.95. The van der Waals surface area contributed by atoms with Gasteiger partial charge in [-0.2, -0.15) is 0 Å². The Kier molecular flexibility index (Phi) is 11.9. The zero-order valence-corrected chi connectivity index (χ0v) is 19.3. The fraction of sp³-hybridized carbons (Fsp3) is 0.955. The van der Waals surface area contributed by atoms with Gasteiger partial charge in [-0.25, -0.2) is 0 Å². The molecule has 2 aliphatic rings. The molecule has 170 valence electrons. The number of hydrogen-bond acceptors (Lipinski definition) is 5. The van der Waals surface area contributed by atoms with Gasteiger partial charge in [0.2, 0.25) is 0 Å². The molecule has 7 heteroatoms. The normalized spacial score (nSPS) is 22.9. The van der Waals surface area contributed by atoms with Crippen LogP contribution in [0.4, 0.5) is 0 Å². The Labute approximate surface area is 178 Å². The van der Waals surface area contributed by atoms with E-state index in [9.17, 15) is 0 Å². The summed E-state index contributed by atoms with van der Waals surface area (Å²) in [7, 11) is 1.78. The lowest BCUT2D eigenvalue weighted by Crippen LogP contribution is -2.49. The summed E-state index contributed by atoms with van der Waals surface area (Å²) < 4.78 is 10.8. The van der Waals surface area contributed by atoms with E-state index in [1.807, 2.05) is 0 Å². The molecule has 0 radical (unpaired) electrons. The molecule has 2 aliphatic heterocycles. The Morgan fingerprint density at radius 3 is 2.55 bits per heavy atom. The molecule has 2 atom stereocenters. The van der Waals surface area contributed by atoms with Crippen LogP contribution in [-0.2, 0) is 9.47 Å². The van der Waals surface area contributed by atoms with E-state index in [-0.39, 0.29) is 0 Å². The molecule has 2 N–H and O–H groups in total. The Bertz CT molecular complexity index is 452. The van der Waals surface area contributed by atoms with Gasteiger partial charge >= 0.3 is 0 Å². The highest BCUT2D eigenvalue weighted by molar-refractivity contribution is 5.79. The minimum absolute atomic E-state index is 0.494. The predicted molar refractivity (Wildman–Crippen MR) is 121 cm³/mol. The van der Waals surface area contributed by atoms with E-state index < -0.39 is 0 Å². The van der Waals surface area contributed by atoms with Crippen molar-refractivity contribution in [2.75, 3.05) is 72.7 Å². The van der Waals surface area contributed by atoms with E-state index in [0.29, 0.717) is 18.0 Å². The maximum Gasteiger partial charge on any atom is 0.191 e. The van der Waals surface area contributed by atoms with E-state index in [0.717, 1.165) is 65.0 Å². The third-order valence-electron chi connectivity index (χ3n) is 6.48. The highest BCUT2D eigenvalue weighted by atomic mass is 16.5. The molecule has 0 aromatic carbocycles. The smallest absolute Gasteiger partial charge is 0.191 e. The van der Waals surface area contributed by atoms with Crippen molar-refractivity contribution in [2.24, 2.45) is 10.9 Å². The number of nitrogens with zero attached hydrogens (tertiary/aromatic N) is 3. The number of nitrogens with one attached hydrogen (secondary N) is 2. The zero-order chi connectivity index (χ0) is 20.9. The van der Waals surface area contributed by atoms with Gasteiger partial charge in [-0.15, -0.1) is 0 Å². The lowest BCUT2D eigenvalue weighted by molar-refractivity contribution is 0.00395. The summed E-state index contributed by atoms with van der Waals surface area (Å²) in [5, 5.41) is 7.07. The number of rotatable bonds is 12. The van der Waals surface area contributed by atoms with Crippen LogP contribution in [0.3, 0.4) is 0 Å². The van der Waals surface area contributed by atoms with Gasteiger partial charge in [0.1, 0.15) is 0 Å². The quantitative estimate of drug-likeness (QED) is 0.377. The Hall–Kier alpha value is -0.890. The first-order valence-corrected chi connectivity index (χ1v) is 11.8. The molecule has 2 rings (SSSR count). The number of guanidine groups is 1. The number of methoxy groups -OCH3 is 1. The third-order valence-corrected chi connectivity index (χ3v) is 6.48. The molecular weight excluding hydrogens is 366 g/mol. The molecule has 0 aromatic rings. The summed E-state index contributed by atoms with van der Waals surface area (Å²) in [4.78, 5) is 10.2. The summed E-state index contributed by atoms with van der Waals surface area (Å²) in [5.41, 5.74) is 0. The van der Waals surface area contributed by atoms with Crippen molar-refractivity contribution in [1.82, 2.24) is 20.4 Å². The zero-order valence-electron chi connectivity index (χ0n) is 19.3. The lowest BCUT2D eigenvalue weighted by Gasteiger charge is -2.38. The number of aliphatic imine (C=N–C) groups is 1. The van der Waals surface area contributed by atoms with E-state index in [4.69, 9.17) is 14.5 Å². The molecule has 0 saturated carbocycles. The second kappa shape index (κ2) is 14.2. The Morgan fingerprint density at radius 1 is 1.14 bits per heavy atom. The van der Waals surface area contributed by atoms with Crippen molar-refractivity contribution in [3.63, 3.8) is 0 Å². The molecule has 2 heterocycles. The molecule has 0 spiro atoms. The number of hydrogen-bond donors (Lipinski definition) is 2. The molecule has 29 heavy (non-hydrogen) atoms. The van der Waals surface area contributed by atoms with Crippen molar-refractivity contribution in [2.45, 2.75) is 58.5 Å². The van der Waals surface area contributed by atoms with Crippen LogP contribution in [0.2, 0.25) is 0 Å². The van der Waals surface area contributed by atoms with Crippen molar-refractivity contribution in [3.05, 3.63) is 0 Å². The summed E-state index contributed by atoms with van der Waals surface area (Å²) in [6.07, 6.45) is 4.93. The van der Waals surface area contributed by atoms with Crippen molar-refractivity contribution >= 4 is 5.96 Å². The monoisotopic (exact) mass is 411 g/mol. The average molecular weight is 412 g/mol. The molecule has 2 unspecified atom stereocenters. The first-order chi connectivity index (χ1) is 14.2. The van der Waals surface area contributed by atoms with Gasteiger partial charge in [-0.05, 0) is 32.2 Å². The molecule has 0 bridgehead atoms. The van der Waals surface area contributed by atoms with Crippen molar-refractivity contribution in [1.29, 1.82) is 0 Å². The van der Waals surface area contributed by atoms with Crippen molar-refractivity contribution < 1.29 is 9.47 Å². The minimum Gasteiger partial charge on any atom is -0.383 e. The second-order valence-corrected chi connectivity index (χ2v) is 8.22. The van der Waals surface area contributed by atoms with Gasteiger partial charge in [0.05, 0.1) is 26.4 Å². The minimum atomic E-state index is 0.494. The molecule has 0 amide bonds. The summed E-state index contributed by atoms with van der Waals surface area (Å²) in [6, 6.07) is 1.07. The van der Waals surface area contributed by atoms with Crippen LogP contribution in [0.5, 0.6) is 0 Å². The fourth-order valence-electron chi connectivity index (χ4n) is 4.67. The molecule has 7 nitrogen and oxygen atoms in total. The van der Waals surface area contributed by atoms with E-state index >= 15 is 0 Å². The first kappa shape index (κ1) is 24.4. The summed E-state index contributed by atoms with van der Waals surface area (Å²) in [5.74, 6) is 1.63. The number of morpholine rings is 1. The Morgan fingerprint density at radius 2 is 1.90 bits per heavy atom. The van der Waals surface area contributed by atoms with Gasteiger partial charge in [0.25, 0.3) is 0 Å². The second-order valence-electron chi connectivity index (χ2n) is 8.22. The van der Waals surface area contributed by atoms with Crippen LogP contribution >= 0.6 is 0 Å². The van der Waals surface area contributed by atoms with Crippen LogP contribution in [0.25, 0.3) is 0 Å². The highest BCUT2D eigenvalue weighted by Gasteiger charge is 2.27. The van der Waals surface area contributed by atoms with E-state index in [1.54, 1.807) is 7.11 Å². The van der Waals surface area contributed by atoms with Crippen LogP contribution in [0.1, 0.15) is 46.5 Å². The topological polar surface area (TPSA) is 61.4 Å². The lowest BCUT2D eigenvalue weighted by atomic mass is 9.92. The van der Waals surface area contributed by atoms with E-state index in [1.165, 1.54) is 32.2 Å². The van der Waals surface area contributed by atoms with Crippen LogP contribution in [0.15, 0.2) is 4.99 Å². The highest BCUT2D eigenvalue weighted by Crippen LogP contribution is 2.20.